The first-order valence-corrected chi connectivity index (χ1v) is 33.5. The lowest BCUT2D eigenvalue weighted by molar-refractivity contribution is -0.161. The van der Waals surface area contributed by atoms with Crippen molar-refractivity contribution >= 4 is 33.6 Å². The number of allylic oxidation sites excluding steroid dienone is 16. The minimum Gasteiger partial charge on any atom is -0.463 e. The number of aliphatic hydroxyl groups is 2. The highest BCUT2D eigenvalue weighted by atomic mass is 31.2. The normalized spacial score (nSPS) is 15.1. The molecule has 0 bridgehead atoms. The van der Waals surface area contributed by atoms with Crippen molar-refractivity contribution in [3.63, 3.8) is 0 Å². The zero-order valence-electron chi connectivity index (χ0n) is 49.9. The number of carbonyl (C=O) groups excluding carboxylic acids is 3. The van der Waals surface area contributed by atoms with Crippen molar-refractivity contribution in [2.24, 2.45) is 0 Å². The third kappa shape index (κ3) is 58.1. The van der Waals surface area contributed by atoms with Crippen LogP contribution in [0.5, 0.6) is 0 Å². The average molecular weight is 1180 g/mol. The first kappa shape index (κ1) is 77.5. The van der Waals surface area contributed by atoms with Crippen molar-refractivity contribution < 1.29 is 75.8 Å². The fourth-order valence-corrected chi connectivity index (χ4v) is 9.15. The number of unbranched alkanes of at least 4 members (excludes halogenated alkanes) is 18. The number of phosphoric ester groups is 2. The van der Waals surface area contributed by atoms with E-state index in [2.05, 4.69) is 118 Å². The Balaban J connectivity index is 4.68. The van der Waals surface area contributed by atoms with Gasteiger partial charge in [-0.15, -0.1) is 0 Å². The third-order valence-electron chi connectivity index (χ3n) is 12.2. The van der Waals surface area contributed by atoms with Crippen LogP contribution in [-0.4, -0.2) is 95.9 Å². The summed E-state index contributed by atoms with van der Waals surface area (Å²) >= 11 is 0. The van der Waals surface area contributed by atoms with Gasteiger partial charge in [0.25, 0.3) is 0 Å². The molecule has 0 amide bonds. The van der Waals surface area contributed by atoms with Crippen LogP contribution in [0.15, 0.2) is 97.2 Å². The van der Waals surface area contributed by atoms with Crippen molar-refractivity contribution in [3.8, 4) is 0 Å². The van der Waals surface area contributed by atoms with E-state index in [0.29, 0.717) is 19.3 Å². The molecule has 0 saturated carbocycles. The number of hydrogen-bond donors (Lipinski definition) is 4. The molecule has 16 nitrogen and oxygen atoms in total. The van der Waals surface area contributed by atoms with E-state index in [1.165, 1.54) is 25.7 Å². The lowest BCUT2D eigenvalue weighted by Crippen LogP contribution is -2.30. The second-order valence-corrected chi connectivity index (χ2v) is 23.0. The van der Waals surface area contributed by atoms with E-state index >= 15 is 0 Å². The number of rotatable bonds is 57. The molecule has 0 saturated heterocycles. The highest BCUT2D eigenvalue weighted by Gasteiger charge is 2.29. The Labute approximate surface area is 488 Å². The van der Waals surface area contributed by atoms with Gasteiger partial charge in [-0.2, -0.15) is 0 Å². The Morgan fingerprint density at radius 1 is 0.358 bits per heavy atom. The molecule has 0 aromatic carbocycles. The molecule has 18 heteroatoms. The van der Waals surface area contributed by atoms with Crippen molar-refractivity contribution in [2.75, 3.05) is 39.6 Å². The van der Waals surface area contributed by atoms with Gasteiger partial charge in [-0.3, -0.25) is 32.5 Å². The third-order valence-corrected chi connectivity index (χ3v) is 14.1. The van der Waals surface area contributed by atoms with Gasteiger partial charge in [-0.25, -0.2) is 9.13 Å². The molecule has 5 atom stereocenters. The van der Waals surface area contributed by atoms with E-state index in [0.717, 1.165) is 141 Å². The summed E-state index contributed by atoms with van der Waals surface area (Å²) in [6.45, 7) is 2.37. The maximum Gasteiger partial charge on any atom is 0.472 e. The number of hydrogen-bond acceptors (Lipinski definition) is 14. The first-order chi connectivity index (χ1) is 39.2. The molecule has 466 valence electrons. The van der Waals surface area contributed by atoms with Gasteiger partial charge < -0.3 is 34.2 Å². The molecule has 0 radical (unpaired) electrons. The van der Waals surface area contributed by atoms with Crippen molar-refractivity contribution in [3.05, 3.63) is 97.2 Å². The number of ether oxygens (including phenoxy) is 3. The fraction of sp³-hybridized carbons (Fsp3) is 0.698. The van der Waals surface area contributed by atoms with Gasteiger partial charge in [0.15, 0.2) is 6.10 Å². The molecule has 0 heterocycles. The molecule has 0 aromatic heterocycles. The van der Waals surface area contributed by atoms with Crippen LogP contribution in [0.2, 0.25) is 0 Å². The summed E-state index contributed by atoms with van der Waals surface area (Å²) < 4.78 is 60.6. The Morgan fingerprint density at radius 2 is 0.679 bits per heavy atom. The largest absolute Gasteiger partial charge is 0.472 e. The summed E-state index contributed by atoms with van der Waals surface area (Å²) in [5, 5.41) is 20.5. The molecule has 0 rings (SSSR count). The maximum absolute atomic E-state index is 12.8. The van der Waals surface area contributed by atoms with Crippen LogP contribution >= 0.6 is 15.6 Å². The number of carbonyl (C=O) groups is 3. The molecular formula is C63H108O16P2. The van der Waals surface area contributed by atoms with Gasteiger partial charge in [0, 0.05) is 19.3 Å². The van der Waals surface area contributed by atoms with Gasteiger partial charge in [-0.05, 0) is 116 Å². The number of phosphoric acid groups is 2. The van der Waals surface area contributed by atoms with Gasteiger partial charge in [-0.1, -0.05) is 189 Å². The van der Waals surface area contributed by atoms with Crippen molar-refractivity contribution in [2.45, 2.75) is 245 Å². The molecule has 0 aliphatic heterocycles. The summed E-state index contributed by atoms with van der Waals surface area (Å²) in [4.78, 5) is 58.1. The topological polar surface area (TPSA) is 231 Å². The first-order valence-electron chi connectivity index (χ1n) is 30.5. The van der Waals surface area contributed by atoms with Crippen LogP contribution in [0, 0.1) is 0 Å². The summed E-state index contributed by atoms with van der Waals surface area (Å²) in [6, 6.07) is 0. The van der Waals surface area contributed by atoms with Crippen molar-refractivity contribution in [1.29, 1.82) is 0 Å². The molecule has 4 N–H and O–H groups in total. The molecule has 5 unspecified atom stereocenters. The zero-order chi connectivity index (χ0) is 59.6. The smallest absolute Gasteiger partial charge is 0.463 e. The number of aliphatic hydroxyl groups excluding tert-OH is 2. The number of esters is 3. The average Bonchev–Trinajstić information content (AvgIpc) is 3.45. The molecule has 81 heavy (non-hydrogen) atoms. The molecule has 0 spiro atoms. The molecular weight excluding hydrogens is 1070 g/mol. The Morgan fingerprint density at radius 3 is 1.11 bits per heavy atom. The minimum absolute atomic E-state index is 0.0898. The SMILES string of the molecule is CC/C=C\C/C=C\C/C=C\C/C=C\C/C=C\CCCCCC(=O)OCC(O)COP(=O)(O)OCC(O)COP(=O)(O)OCC(COC(=O)CCCCCCC/C=C\C/C=C\CCC)OC(=O)CCCCCCC/C=C\CCCCCC. The van der Waals surface area contributed by atoms with Crippen LogP contribution in [-0.2, 0) is 55.8 Å². The second kappa shape index (κ2) is 56.9. The van der Waals surface area contributed by atoms with Gasteiger partial charge >= 0.3 is 33.6 Å². The Bertz CT molecular complexity index is 1870. The minimum atomic E-state index is -4.92. The van der Waals surface area contributed by atoms with Crippen LogP contribution in [0.3, 0.4) is 0 Å². The quantitative estimate of drug-likeness (QED) is 0.0146. The predicted molar refractivity (Wildman–Crippen MR) is 325 cm³/mol. The van der Waals surface area contributed by atoms with Crippen LogP contribution in [0.25, 0.3) is 0 Å². The summed E-state index contributed by atoms with van der Waals surface area (Å²) in [5.74, 6) is -1.64. The molecule has 0 fully saturated rings. The van der Waals surface area contributed by atoms with E-state index in [9.17, 15) is 43.5 Å². The zero-order valence-corrected chi connectivity index (χ0v) is 51.7. The summed E-state index contributed by atoms with van der Waals surface area (Å²) in [7, 11) is -9.78. The van der Waals surface area contributed by atoms with E-state index in [1.54, 1.807) is 0 Å². The molecule has 0 aromatic rings. The van der Waals surface area contributed by atoms with Crippen LogP contribution in [0.1, 0.15) is 226 Å². The summed E-state index contributed by atoms with van der Waals surface area (Å²) in [6.07, 6.45) is 59.1. The van der Waals surface area contributed by atoms with E-state index in [1.807, 2.05) is 0 Å². The summed E-state index contributed by atoms with van der Waals surface area (Å²) in [5.41, 5.74) is 0. The van der Waals surface area contributed by atoms with Gasteiger partial charge in [0.2, 0.25) is 0 Å². The van der Waals surface area contributed by atoms with Crippen LogP contribution < -0.4 is 0 Å². The Kier molecular flexibility index (Phi) is 54.4. The lowest BCUT2D eigenvalue weighted by Gasteiger charge is -2.21. The van der Waals surface area contributed by atoms with E-state index < -0.39 is 91.5 Å². The highest BCUT2D eigenvalue weighted by molar-refractivity contribution is 7.47. The van der Waals surface area contributed by atoms with Crippen molar-refractivity contribution in [1.82, 2.24) is 0 Å². The lowest BCUT2D eigenvalue weighted by atomic mass is 10.1. The standard InChI is InChI=1S/C63H108O16P2/c1-4-7-10-13-16-19-22-25-26-27-28-29-30-33-35-37-40-43-46-49-61(66)73-52-58(64)53-75-80(69,70)76-54-59(65)55-77-81(71,72)78-57-60(79-63(68)51-48-45-42-39-36-32-24-21-18-15-12-9-6-3)56-74-62(67)50-47-44-41-38-34-31-23-20-17-14-11-8-5-2/h7,10-11,14,16,19-21,23-26,28-29,33,35,58-60,64-65H,4-6,8-9,12-13,15,17-18,22,27,30-32,34,36-57H2,1-3H3,(H,69,70)(H,71,72)/b10-7-,14-11-,19-16-,23-20-,24-21-,26-25-,29-28-,35-33-. The Hall–Kier alpha value is -3.53. The van der Waals surface area contributed by atoms with Gasteiger partial charge in [0.1, 0.15) is 25.4 Å². The highest BCUT2D eigenvalue weighted by Crippen LogP contribution is 2.45. The maximum atomic E-state index is 12.8. The predicted octanol–water partition coefficient (Wildman–Crippen LogP) is 16.0. The molecule has 0 aliphatic carbocycles. The second-order valence-electron chi connectivity index (χ2n) is 20.1. The van der Waals surface area contributed by atoms with E-state index in [4.69, 9.17) is 32.3 Å². The molecule has 0 aliphatic rings. The monoisotopic (exact) mass is 1180 g/mol. The van der Waals surface area contributed by atoms with E-state index in [-0.39, 0.29) is 19.3 Å². The van der Waals surface area contributed by atoms with Crippen LogP contribution in [0.4, 0.5) is 0 Å². The fourth-order valence-electron chi connectivity index (χ4n) is 7.57. The van der Waals surface area contributed by atoms with Gasteiger partial charge in [0.05, 0.1) is 26.4 Å².